The molecule has 170 valence electrons. The van der Waals surface area contributed by atoms with Crippen molar-refractivity contribution in [1.29, 1.82) is 0 Å². The highest BCUT2D eigenvalue weighted by Crippen LogP contribution is 2.33. The van der Waals surface area contributed by atoms with E-state index in [4.69, 9.17) is 0 Å². The Bertz CT molecular complexity index is 1200. The second kappa shape index (κ2) is 9.32. The third kappa shape index (κ3) is 4.42. The van der Waals surface area contributed by atoms with Crippen molar-refractivity contribution >= 4 is 0 Å². The van der Waals surface area contributed by atoms with Crippen molar-refractivity contribution < 1.29 is 0 Å². The fraction of sp³-hybridized carbons (Fsp3) is 0.310. The zero-order chi connectivity index (χ0) is 22.7. The summed E-state index contributed by atoms with van der Waals surface area (Å²) in [5.41, 5.74) is 6.42. The van der Waals surface area contributed by atoms with Crippen LogP contribution in [0.3, 0.4) is 0 Å². The van der Waals surface area contributed by atoms with E-state index in [1.165, 1.54) is 32.1 Å². The number of aromatic amines is 2. The zero-order valence-electron chi connectivity index (χ0n) is 19.3. The van der Waals surface area contributed by atoms with Gasteiger partial charge < -0.3 is 15.3 Å². The molecule has 6 rings (SSSR count). The van der Waals surface area contributed by atoms with Crippen LogP contribution in [0.25, 0.3) is 22.5 Å². The molecule has 2 fully saturated rings. The van der Waals surface area contributed by atoms with Gasteiger partial charge >= 0.3 is 0 Å². The van der Waals surface area contributed by atoms with Gasteiger partial charge in [0.2, 0.25) is 0 Å². The number of nitrogens with one attached hydrogen (secondary N) is 3. The molecule has 2 aliphatic rings. The van der Waals surface area contributed by atoms with Gasteiger partial charge in [0.25, 0.3) is 0 Å². The van der Waals surface area contributed by atoms with Crippen LogP contribution in [0.1, 0.15) is 73.3 Å². The lowest BCUT2D eigenvalue weighted by Gasteiger charge is -2.05. The maximum absolute atomic E-state index is 4.63. The summed E-state index contributed by atoms with van der Waals surface area (Å²) >= 11 is 0. The topological polar surface area (TPSA) is 69.4 Å². The number of benzene rings is 2. The second-order valence-corrected chi connectivity index (χ2v) is 9.40. The molecule has 34 heavy (non-hydrogen) atoms. The minimum absolute atomic E-state index is 0.355. The summed E-state index contributed by atoms with van der Waals surface area (Å²) in [6, 6.07) is 17.1. The molecule has 3 N–H and O–H groups in total. The molecule has 0 radical (unpaired) electrons. The molecule has 4 aromatic rings. The molecule has 1 saturated carbocycles. The largest absolute Gasteiger partial charge is 0.342 e. The molecule has 3 heterocycles. The predicted molar refractivity (Wildman–Crippen MR) is 135 cm³/mol. The smallest absolute Gasteiger partial charge is 0.123 e. The van der Waals surface area contributed by atoms with Crippen LogP contribution in [-0.4, -0.2) is 26.5 Å². The van der Waals surface area contributed by atoms with Crippen LogP contribution in [0, 0.1) is 11.8 Å². The molecular formula is C29H29N5. The minimum atomic E-state index is 0.355. The first-order valence-electron chi connectivity index (χ1n) is 12.4. The highest BCUT2D eigenvalue weighted by Gasteiger charge is 2.20. The second-order valence-electron chi connectivity index (χ2n) is 9.40. The number of H-pyrrole nitrogens is 2. The normalized spacial score (nSPS) is 18.2. The van der Waals surface area contributed by atoms with E-state index >= 15 is 0 Å². The molecule has 2 aromatic carbocycles. The molecule has 1 atom stereocenters. The van der Waals surface area contributed by atoms with Gasteiger partial charge in [0.1, 0.15) is 11.6 Å². The maximum atomic E-state index is 4.63. The zero-order valence-corrected chi connectivity index (χ0v) is 19.3. The van der Waals surface area contributed by atoms with Crippen molar-refractivity contribution in [2.75, 3.05) is 6.54 Å². The van der Waals surface area contributed by atoms with E-state index in [0.717, 1.165) is 58.3 Å². The van der Waals surface area contributed by atoms with Gasteiger partial charge in [-0.2, -0.15) is 0 Å². The summed E-state index contributed by atoms with van der Waals surface area (Å²) in [5.74, 6) is 9.34. The minimum Gasteiger partial charge on any atom is -0.342 e. The van der Waals surface area contributed by atoms with E-state index < -0.39 is 0 Å². The highest BCUT2D eigenvalue weighted by molar-refractivity contribution is 5.62. The summed E-state index contributed by atoms with van der Waals surface area (Å²) in [4.78, 5) is 16.2. The Morgan fingerprint density at radius 1 is 0.647 bits per heavy atom. The van der Waals surface area contributed by atoms with Crippen LogP contribution in [0.15, 0.2) is 60.9 Å². The Balaban J connectivity index is 1.12. The SMILES string of the molecule is C(#Cc1ccc(-c2cnc([C@@H]3CCCN3)[nH]2)cc1)c1ccc(-c2cnc(C3CCCC3)[nH]2)cc1. The molecule has 0 unspecified atom stereocenters. The molecule has 0 bridgehead atoms. The Morgan fingerprint density at radius 3 is 1.76 bits per heavy atom. The fourth-order valence-corrected chi connectivity index (χ4v) is 5.08. The summed E-state index contributed by atoms with van der Waals surface area (Å²) in [6.45, 7) is 1.07. The number of hydrogen-bond acceptors (Lipinski definition) is 3. The summed E-state index contributed by atoms with van der Waals surface area (Å²) in [5, 5.41) is 3.49. The third-order valence-electron chi connectivity index (χ3n) is 7.07. The predicted octanol–water partition coefficient (Wildman–Crippen LogP) is 5.95. The Kier molecular flexibility index (Phi) is 5.74. The van der Waals surface area contributed by atoms with E-state index in [1.807, 2.05) is 12.4 Å². The first-order valence-corrected chi connectivity index (χ1v) is 12.4. The van der Waals surface area contributed by atoms with Gasteiger partial charge in [-0.15, -0.1) is 0 Å². The van der Waals surface area contributed by atoms with Gasteiger partial charge in [-0.3, -0.25) is 0 Å². The molecule has 0 spiro atoms. The Hall–Kier alpha value is -3.62. The first kappa shape index (κ1) is 20.9. The number of nitrogens with zero attached hydrogens (tertiary/aromatic N) is 2. The number of aromatic nitrogens is 4. The van der Waals surface area contributed by atoms with Crippen molar-refractivity contribution in [3.05, 3.63) is 83.7 Å². The lowest BCUT2D eigenvalue weighted by atomic mass is 10.1. The van der Waals surface area contributed by atoms with E-state index in [0.29, 0.717) is 12.0 Å². The van der Waals surface area contributed by atoms with Crippen molar-refractivity contribution in [2.45, 2.75) is 50.5 Å². The fourth-order valence-electron chi connectivity index (χ4n) is 5.08. The average Bonchev–Trinajstić information content (AvgIpc) is 3.70. The molecule has 1 saturated heterocycles. The quantitative estimate of drug-likeness (QED) is 0.339. The van der Waals surface area contributed by atoms with Crippen LogP contribution < -0.4 is 5.32 Å². The van der Waals surface area contributed by atoms with Gasteiger partial charge in [0.05, 0.1) is 29.8 Å². The summed E-state index contributed by atoms with van der Waals surface area (Å²) in [6.07, 6.45) is 11.4. The van der Waals surface area contributed by atoms with E-state index in [2.05, 4.69) is 85.6 Å². The van der Waals surface area contributed by atoms with Crippen LogP contribution in [0.5, 0.6) is 0 Å². The average molecular weight is 448 g/mol. The standard InChI is InChI=1S/C29H29N5/c1-2-5-24(4-1)28-31-18-26(33-28)22-13-9-20(10-14-22)7-8-21-11-15-23(16-12-21)27-19-32-29(34-27)25-6-3-17-30-25/h9-16,18-19,24-25,30H,1-6,17H2,(H,31,33)(H,32,34)/t25-/m0/s1. The number of hydrogen-bond donors (Lipinski definition) is 3. The lowest BCUT2D eigenvalue weighted by Crippen LogP contribution is -2.14. The van der Waals surface area contributed by atoms with Gasteiger partial charge in [0.15, 0.2) is 0 Å². The van der Waals surface area contributed by atoms with Gasteiger partial charge in [-0.05, 0) is 67.6 Å². The van der Waals surface area contributed by atoms with Crippen molar-refractivity contribution in [2.24, 2.45) is 0 Å². The van der Waals surface area contributed by atoms with E-state index in [-0.39, 0.29) is 0 Å². The highest BCUT2D eigenvalue weighted by atomic mass is 15.0. The molecule has 0 amide bonds. The van der Waals surface area contributed by atoms with E-state index in [1.54, 1.807) is 0 Å². The van der Waals surface area contributed by atoms with Gasteiger partial charge in [-0.1, -0.05) is 48.9 Å². The Morgan fingerprint density at radius 2 is 1.21 bits per heavy atom. The lowest BCUT2D eigenvalue weighted by molar-refractivity contribution is 0.613. The third-order valence-corrected chi connectivity index (χ3v) is 7.07. The number of imidazole rings is 2. The van der Waals surface area contributed by atoms with Gasteiger partial charge in [0, 0.05) is 17.0 Å². The Labute approximate surface area is 200 Å². The van der Waals surface area contributed by atoms with Crippen molar-refractivity contribution in [3.63, 3.8) is 0 Å². The maximum Gasteiger partial charge on any atom is 0.123 e. The monoisotopic (exact) mass is 447 g/mol. The summed E-state index contributed by atoms with van der Waals surface area (Å²) in [7, 11) is 0. The molecule has 5 nitrogen and oxygen atoms in total. The van der Waals surface area contributed by atoms with Gasteiger partial charge in [-0.25, -0.2) is 9.97 Å². The van der Waals surface area contributed by atoms with Crippen molar-refractivity contribution in [1.82, 2.24) is 25.3 Å². The van der Waals surface area contributed by atoms with Crippen LogP contribution in [0.2, 0.25) is 0 Å². The molecule has 5 heteroatoms. The molecule has 1 aliphatic carbocycles. The molecular weight excluding hydrogens is 418 g/mol. The summed E-state index contributed by atoms with van der Waals surface area (Å²) < 4.78 is 0. The molecule has 1 aliphatic heterocycles. The number of rotatable bonds is 4. The molecule has 2 aromatic heterocycles. The van der Waals surface area contributed by atoms with Crippen LogP contribution >= 0.6 is 0 Å². The van der Waals surface area contributed by atoms with E-state index in [9.17, 15) is 0 Å². The van der Waals surface area contributed by atoms with Crippen LogP contribution in [0.4, 0.5) is 0 Å². The van der Waals surface area contributed by atoms with Crippen molar-refractivity contribution in [3.8, 4) is 34.4 Å². The first-order chi connectivity index (χ1) is 16.8. The van der Waals surface area contributed by atoms with Crippen LogP contribution in [-0.2, 0) is 0 Å².